The van der Waals surface area contributed by atoms with Gasteiger partial charge in [-0.15, -0.1) is 11.6 Å². The molecule has 0 aromatic carbocycles. The minimum atomic E-state index is 0.750. The van der Waals surface area contributed by atoms with Gasteiger partial charge in [-0.1, -0.05) is 6.92 Å². The summed E-state index contributed by atoms with van der Waals surface area (Å²) in [5, 5.41) is 0. The van der Waals surface area contributed by atoms with Gasteiger partial charge in [0.05, 0.1) is 0 Å². The maximum absolute atomic E-state index is 4.85. The van der Waals surface area contributed by atoms with E-state index in [1.165, 1.54) is 6.38 Å². The Kier molecular flexibility index (Phi) is 51.6. The quantitative estimate of drug-likeness (QED) is 0.443. The lowest BCUT2D eigenvalue weighted by Crippen LogP contribution is -1.87. The van der Waals surface area contributed by atoms with Crippen LogP contribution in [0.1, 0.15) is 6.92 Å². The molecule has 0 atom stereocenters. The highest BCUT2D eigenvalue weighted by atomic mass is 35.5. The zero-order valence-electron chi connectivity index (χ0n) is 3.66. The van der Waals surface area contributed by atoms with Gasteiger partial charge in [-0.3, -0.25) is 0 Å². The summed E-state index contributed by atoms with van der Waals surface area (Å²) >= 11 is 4.64. The molecular formula is C3H10ClN. The van der Waals surface area contributed by atoms with Crippen LogP contribution in [0.5, 0.6) is 0 Å². The summed E-state index contributed by atoms with van der Waals surface area (Å²) in [6.07, 6.45) is 1.47. The van der Waals surface area contributed by atoms with Gasteiger partial charge >= 0.3 is 0 Å². The third kappa shape index (κ3) is 344. The Morgan fingerprint density at radius 2 is 1.60 bits per heavy atom. The van der Waals surface area contributed by atoms with E-state index in [1.807, 2.05) is 6.92 Å². The van der Waals surface area contributed by atoms with Crippen molar-refractivity contribution in [3.05, 3.63) is 0 Å². The third-order valence-corrected chi connectivity index (χ3v) is 0. The Morgan fingerprint density at radius 1 is 1.60 bits per heavy atom. The Bertz CT molecular complexity index is 6.85. The molecule has 0 bridgehead atoms. The van der Waals surface area contributed by atoms with E-state index in [2.05, 4.69) is 11.6 Å². The highest BCUT2D eigenvalue weighted by Crippen LogP contribution is 1.34. The van der Waals surface area contributed by atoms with Gasteiger partial charge in [-0.2, -0.15) is 0 Å². The standard InChI is InChI=1S/C2H7N.CH3Cl/c1-2-3;1-2/h2-3H2,1H3;1H3. The first-order chi connectivity index (χ1) is 2.41. The molecule has 0 heterocycles. The summed E-state index contributed by atoms with van der Waals surface area (Å²) in [5.74, 6) is 0. The van der Waals surface area contributed by atoms with Crippen LogP contribution in [-0.4, -0.2) is 12.9 Å². The first-order valence-corrected chi connectivity index (χ1v) is 2.25. The Balaban J connectivity index is 0. The molecule has 0 aromatic heterocycles. The summed E-state index contributed by atoms with van der Waals surface area (Å²) in [6.45, 7) is 2.65. The zero-order valence-corrected chi connectivity index (χ0v) is 4.42. The molecular weight excluding hydrogens is 85.5 g/mol. The highest BCUT2D eigenvalue weighted by Gasteiger charge is 1.32. The van der Waals surface area contributed by atoms with Crippen molar-refractivity contribution in [3.8, 4) is 0 Å². The minimum absolute atomic E-state index is 0.750. The van der Waals surface area contributed by atoms with Crippen molar-refractivity contribution in [2.24, 2.45) is 5.73 Å². The zero-order chi connectivity index (χ0) is 4.71. The maximum Gasteiger partial charge on any atom is 0.0108 e. The number of halogens is 1. The van der Waals surface area contributed by atoms with Crippen LogP contribution in [0.4, 0.5) is 0 Å². The average molecular weight is 95.6 g/mol. The molecule has 1 nitrogen and oxygen atoms in total. The topological polar surface area (TPSA) is 26.0 Å². The monoisotopic (exact) mass is 95.1 g/mol. The van der Waals surface area contributed by atoms with E-state index >= 15 is 0 Å². The second-order valence-corrected chi connectivity index (χ2v) is 0.408. The van der Waals surface area contributed by atoms with Gasteiger partial charge in [0.1, 0.15) is 0 Å². The number of hydrogen-bond acceptors (Lipinski definition) is 1. The number of alkyl halides is 1. The molecule has 0 rings (SSSR count). The summed E-state index contributed by atoms with van der Waals surface area (Å²) in [6, 6.07) is 0. The van der Waals surface area contributed by atoms with Gasteiger partial charge in [-0.25, -0.2) is 0 Å². The van der Waals surface area contributed by atoms with Crippen LogP contribution >= 0.6 is 11.6 Å². The fourth-order valence-electron chi connectivity index (χ4n) is 0. The summed E-state index contributed by atoms with van der Waals surface area (Å²) < 4.78 is 0. The third-order valence-electron chi connectivity index (χ3n) is 0. The lowest BCUT2D eigenvalue weighted by atomic mass is 10.8. The fourth-order valence-corrected chi connectivity index (χ4v) is 0. The molecule has 0 saturated carbocycles. The van der Waals surface area contributed by atoms with Crippen molar-refractivity contribution < 1.29 is 0 Å². The molecule has 2 heteroatoms. The number of nitrogens with two attached hydrogens (primary N) is 1. The van der Waals surface area contributed by atoms with Crippen LogP contribution in [0.2, 0.25) is 0 Å². The normalized spacial score (nSPS) is 4.80. The van der Waals surface area contributed by atoms with E-state index in [0.717, 1.165) is 6.54 Å². The van der Waals surface area contributed by atoms with Crippen molar-refractivity contribution in [3.63, 3.8) is 0 Å². The van der Waals surface area contributed by atoms with E-state index in [9.17, 15) is 0 Å². The first kappa shape index (κ1) is 8.98. The lowest BCUT2D eigenvalue weighted by Gasteiger charge is -1.53. The van der Waals surface area contributed by atoms with E-state index in [1.54, 1.807) is 0 Å². The largest absolute Gasteiger partial charge is 0.331 e. The number of hydrogen-bond donors (Lipinski definition) is 1. The summed E-state index contributed by atoms with van der Waals surface area (Å²) in [7, 11) is 0. The molecule has 0 aliphatic rings. The molecule has 34 valence electrons. The molecule has 0 radical (unpaired) electrons. The summed E-state index contributed by atoms with van der Waals surface area (Å²) in [4.78, 5) is 0. The van der Waals surface area contributed by atoms with Gasteiger partial charge in [0, 0.05) is 6.38 Å². The molecule has 0 fully saturated rings. The second kappa shape index (κ2) is 28.7. The second-order valence-electron chi connectivity index (χ2n) is 0.408. The molecule has 2 N–H and O–H groups in total. The molecule has 0 unspecified atom stereocenters. The van der Waals surface area contributed by atoms with Crippen LogP contribution in [-0.2, 0) is 0 Å². The van der Waals surface area contributed by atoms with Crippen molar-refractivity contribution >= 4 is 11.6 Å². The fraction of sp³-hybridized carbons (Fsp3) is 1.00. The SMILES string of the molecule is CCN.CCl. The van der Waals surface area contributed by atoms with Gasteiger partial charge < -0.3 is 5.73 Å². The smallest absolute Gasteiger partial charge is 0.0108 e. The van der Waals surface area contributed by atoms with Crippen LogP contribution < -0.4 is 5.73 Å². The molecule has 0 aromatic rings. The van der Waals surface area contributed by atoms with E-state index in [-0.39, 0.29) is 0 Å². The molecule has 0 saturated heterocycles. The molecule has 0 amide bonds. The predicted octanol–water partition coefficient (Wildman–Crippen LogP) is 0.820. The summed E-state index contributed by atoms with van der Waals surface area (Å²) in [5.41, 5.74) is 4.85. The molecule has 0 aliphatic carbocycles. The van der Waals surface area contributed by atoms with E-state index in [0.29, 0.717) is 0 Å². The van der Waals surface area contributed by atoms with Gasteiger partial charge in [-0.05, 0) is 6.54 Å². The Morgan fingerprint density at radius 3 is 1.60 bits per heavy atom. The van der Waals surface area contributed by atoms with Crippen molar-refractivity contribution in [2.45, 2.75) is 6.92 Å². The number of rotatable bonds is 0. The predicted molar refractivity (Wildman–Crippen MR) is 26.5 cm³/mol. The van der Waals surface area contributed by atoms with Gasteiger partial charge in [0.25, 0.3) is 0 Å². The molecule has 5 heavy (non-hydrogen) atoms. The van der Waals surface area contributed by atoms with Crippen LogP contribution in [0, 0.1) is 0 Å². The van der Waals surface area contributed by atoms with Crippen LogP contribution in [0.3, 0.4) is 0 Å². The maximum atomic E-state index is 4.85. The highest BCUT2D eigenvalue weighted by molar-refractivity contribution is 6.15. The van der Waals surface area contributed by atoms with Crippen molar-refractivity contribution in [1.29, 1.82) is 0 Å². The van der Waals surface area contributed by atoms with Crippen molar-refractivity contribution in [1.82, 2.24) is 0 Å². The average Bonchev–Trinajstić information content (AvgIpc) is 1.46. The molecule has 0 aliphatic heterocycles. The first-order valence-electron chi connectivity index (χ1n) is 1.49. The molecule has 0 spiro atoms. The van der Waals surface area contributed by atoms with Gasteiger partial charge in [0.2, 0.25) is 0 Å². The van der Waals surface area contributed by atoms with Crippen LogP contribution in [0.25, 0.3) is 0 Å². The minimum Gasteiger partial charge on any atom is -0.331 e. The Labute approximate surface area is 38.1 Å². The lowest BCUT2D eigenvalue weighted by molar-refractivity contribution is 1.14. The Hall–Kier alpha value is 0.250. The van der Waals surface area contributed by atoms with E-state index in [4.69, 9.17) is 5.73 Å². The van der Waals surface area contributed by atoms with Crippen LogP contribution in [0.15, 0.2) is 0 Å². The van der Waals surface area contributed by atoms with Crippen molar-refractivity contribution in [2.75, 3.05) is 12.9 Å². The van der Waals surface area contributed by atoms with E-state index < -0.39 is 0 Å². The van der Waals surface area contributed by atoms with Gasteiger partial charge in [0.15, 0.2) is 0 Å².